The summed E-state index contributed by atoms with van der Waals surface area (Å²) in [5.74, 6) is 2.93. The van der Waals surface area contributed by atoms with Gasteiger partial charge in [0.1, 0.15) is 11.6 Å². The number of thioether (sulfide) groups is 1. The number of anilines is 4. The fourth-order valence-corrected chi connectivity index (χ4v) is 6.18. The highest BCUT2D eigenvalue weighted by atomic mass is 32.2. The van der Waals surface area contributed by atoms with Gasteiger partial charge in [-0.25, -0.2) is 9.97 Å². The molecule has 1 N–H and O–H groups in total. The topological polar surface area (TPSA) is 114 Å². The van der Waals surface area contributed by atoms with Gasteiger partial charge in [-0.1, -0.05) is 0 Å². The lowest BCUT2D eigenvalue weighted by atomic mass is 10.3. The largest absolute Gasteiger partial charge is 0.355 e. The molecule has 4 fully saturated rings. The molecule has 2 aromatic heterocycles. The fraction of sp³-hybridized carbons (Fsp3) is 0.556. The number of imide groups is 1. The van der Waals surface area contributed by atoms with Crippen LogP contribution in [0.3, 0.4) is 0 Å². The molecular weight excluding hydrogens is 528 g/mol. The molecule has 13 heteroatoms. The second-order valence-electron chi connectivity index (χ2n) is 10.8. The summed E-state index contributed by atoms with van der Waals surface area (Å²) in [5, 5.41) is 1.97. The van der Waals surface area contributed by atoms with E-state index in [-0.39, 0.29) is 11.1 Å². The first-order valence-electron chi connectivity index (χ1n) is 14.1. The Kier molecular flexibility index (Phi) is 7.74. The van der Waals surface area contributed by atoms with E-state index < -0.39 is 0 Å². The molecule has 0 bridgehead atoms. The molecule has 4 aliphatic rings. The van der Waals surface area contributed by atoms with Crippen LogP contribution in [0.5, 0.6) is 0 Å². The van der Waals surface area contributed by atoms with Crippen LogP contribution in [0.1, 0.15) is 30.7 Å². The number of hydrogen-bond donors (Lipinski definition) is 1. The van der Waals surface area contributed by atoms with Crippen LogP contribution in [-0.4, -0.2) is 108 Å². The summed E-state index contributed by atoms with van der Waals surface area (Å²) >= 11 is 0.909. The van der Waals surface area contributed by atoms with E-state index in [1.54, 1.807) is 6.08 Å². The van der Waals surface area contributed by atoms with Gasteiger partial charge in [0.2, 0.25) is 11.9 Å². The van der Waals surface area contributed by atoms with Gasteiger partial charge in [-0.15, -0.1) is 0 Å². The molecule has 6 heterocycles. The predicted molar refractivity (Wildman–Crippen MR) is 158 cm³/mol. The smallest absolute Gasteiger partial charge is 0.290 e. The number of piperazine rings is 1. The SMILES string of the molecule is Cc1cc(N2CCCN(c3nc(C=C4SC(=O)NC4=O)cc(N4CCN(C)CC4)n3)CC2)nc(N2CCCC2)n1. The number of aromatic nitrogens is 4. The number of amides is 2. The monoisotopic (exact) mass is 564 g/mol. The van der Waals surface area contributed by atoms with Crippen LogP contribution < -0.4 is 24.9 Å². The maximum Gasteiger partial charge on any atom is 0.290 e. The van der Waals surface area contributed by atoms with Gasteiger partial charge in [-0.2, -0.15) is 9.97 Å². The van der Waals surface area contributed by atoms with Crippen LogP contribution in [0.4, 0.5) is 28.3 Å². The molecule has 0 radical (unpaired) electrons. The molecule has 0 atom stereocenters. The number of likely N-dealkylation sites (N-methyl/N-ethyl adjacent to an activating group) is 1. The van der Waals surface area contributed by atoms with E-state index >= 15 is 0 Å². The Labute approximate surface area is 238 Å². The van der Waals surface area contributed by atoms with Gasteiger partial charge in [0.15, 0.2) is 0 Å². The third kappa shape index (κ3) is 5.99. The van der Waals surface area contributed by atoms with E-state index in [0.29, 0.717) is 16.5 Å². The van der Waals surface area contributed by atoms with Crippen LogP contribution >= 0.6 is 11.8 Å². The van der Waals surface area contributed by atoms with E-state index in [0.717, 1.165) is 107 Å². The van der Waals surface area contributed by atoms with Gasteiger partial charge in [0, 0.05) is 83.3 Å². The zero-order chi connectivity index (χ0) is 27.6. The summed E-state index contributed by atoms with van der Waals surface area (Å²) in [6.07, 6.45) is 5.02. The van der Waals surface area contributed by atoms with Gasteiger partial charge < -0.3 is 24.5 Å². The molecule has 212 valence electrons. The number of carbonyl (C=O) groups excluding carboxylic acids is 2. The van der Waals surface area contributed by atoms with Crippen molar-refractivity contribution >= 4 is 52.5 Å². The molecule has 4 aliphatic heterocycles. The summed E-state index contributed by atoms with van der Waals surface area (Å²) < 4.78 is 0. The van der Waals surface area contributed by atoms with E-state index in [1.807, 2.05) is 13.0 Å². The third-order valence-corrected chi connectivity index (χ3v) is 8.60. The minimum atomic E-state index is -0.379. The van der Waals surface area contributed by atoms with Crippen LogP contribution in [0, 0.1) is 6.92 Å². The van der Waals surface area contributed by atoms with Crippen molar-refractivity contribution in [2.75, 3.05) is 92.1 Å². The van der Waals surface area contributed by atoms with Crippen molar-refractivity contribution in [2.24, 2.45) is 0 Å². The predicted octanol–water partition coefficient (Wildman–Crippen LogP) is 1.97. The van der Waals surface area contributed by atoms with E-state index in [2.05, 4.69) is 42.9 Å². The Hall–Kier alpha value is -3.45. The van der Waals surface area contributed by atoms with Crippen molar-refractivity contribution < 1.29 is 9.59 Å². The lowest BCUT2D eigenvalue weighted by molar-refractivity contribution is -0.115. The Bertz CT molecular complexity index is 1310. The molecule has 0 aliphatic carbocycles. The highest BCUT2D eigenvalue weighted by Crippen LogP contribution is 2.28. The van der Waals surface area contributed by atoms with Gasteiger partial charge in [-0.05, 0) is 51.1 Å². The summed E-state index contributed by atoms with van der Waals surface area (Å²) in [5.41, 5.74) is 1.62. The summed E-state index contributed by atoms with van der Waals surface area (Å²) in [6.45, 7) is 11.0. The van der Waals surface area contributed by atoms with E-state index in [9.17, 15) is 9.59 Å². The number of hydrogen-bond acceptors (Lipinski definition) is 12. The van der Waals surface area contributed by atoms with Crippen molar-refractivity contribution in [2.45, 2.75) is 26.2 Å². The average molecular weight is 565 g/mol. The van der Waals surface area contributed by atoms with Crippen molar-refractivity contribution in [3.8, 4) is 0 Å². The average Bonchev–Trinajstić information content (AvgIpc) is 3.51. The first kappa shape index (κ1) is 26.8. The zero-order valence-electron chi connectivity index (χ0n) is 23.2. The summed E-state index contributed by atoms with van der Waals surface area (Å²) in [6, 6.07) is 4.00. The molecule has 6 rings (SSSR count). The molecule has 2 aromatic rings. The van der Waals surface area contributed by atoms with E-state index in [1.165, 1.54) is 12.8 Å². The lowest BCUT2D eigenvalue weighted by Crippen LogP contribution is -2.45. The molecule has 12 nitrogen and oxygen atoms in total. The number of aryl methyl sites for hydroxylation is 1. The van der Waals surface area contributed by atoms with Crippen molar-refractivity contribution in [3.63, 3.8) is 0 Å². The fourth-order valence-electron chi connectivity index (χ4n) is 5.51. The maximum atomic E-state index is 12.2. The number of carbonyl (C=O) groups is 2. The van der Waals surface area contributed by atoms with Crippen LogP contribution in [-0.2, 0) is 4.79 Å². The standard InChI is InChI=1S/C27H36N10O2S/c1-19-16-22(30-25(28-19)36-6-3-4-7-36)34-8-5-9-37(15-14-34)26-29-20(17-21-24(38)32-27(39)40-21)18-23(31-26)35-12-10-33(2)11-13-35/h16-18H,3-15H2,1-2H3,(H,32,38,39). The summed E-state index contributed by atoms with van der Waals surface area (Å²) in [4.78, 5) is 55.3. The normalized spacial score (nSPS) is 21.9. The first-order valence-corrected chi connectivity index (χ1v) is 14.9. The Balaban J connectivity index is 1.25. The number of nitrogens with zero attached hydrogens (tertiary/aromatic N) is 9. The number of rotatable bonds is 5. The molecule has 0 spiro atoms. The zero-order valence-corrected chi connectivity index (χ0v) is 24.0. The molecular formula is C27H36N10O2S. The second kappa shape index (κ2) is 11.6. The lowest BCUT2D eigenvalue weighted by Gasteiger charge is -2.34. The van der Waals surface area contributed by atoms with Crippen LogP contribution in [0.25, 0.3) is 6.08 Å². The Morgan fingerprint density at radius 1 is 0.725 bits per heavy atom. The van der Waals surface area contributed by atoms with Gasteiger partial charge >= 0.3 is 0 Å². The highest BCUT2D eigenvalue weighted by Gasteiger charge is 2.27. The number of nitrogens with one attached hydrogen (secondary N) is 1. The minimum absolute atomic E-state index is 0.356. The van der Waals surface area contributed by atoms with Crippen LogP contribution in [0.15, 0.2) is 17.0 Å². The quantitative estimate of drug-likeness (QED) is 0.536. The van der Waals surface area contributed by atoms with E-state index in [4.69, 9.17) is 19.9 Å². The molecule has 0 unspecified atom stereocenters. The molecule has 2 amide bonds. The first-order chi connectivity index (χ1) is 19.4. The van der Waals surface area contributed by atoms with Gasteiger partial charge in [-0.3, -0.25) is 14.9 Å². The van der Waals surface area contributed by atoms with Crippen molar-refractivity contribution in [3.05, 3.63) is 28.4 Å². The summed E-state index contributed by atoms with van der Waals surface area (Å²) in [7, 11) is 2.13. The Morgan fingerprint density at radius 3 is 2.02 bits per heavy atom. The molecule has 40 heavy (non-hydrogen) atoms. The second-order valence-corrected chi connectivity index (χ2v) is 11.8. The molecule has 4 saturated heterocycles. The highest BCUT2D eigenvalue weighted by molar-refractivity contribution is 8.18. The molecule has 0 aromatic carbocycles. The van der Waals surface area contributed by atoms with Crippen LogP contribution in [0.2, 0.25) is 0 Å². The van der Waals surface area contributed by atoms with Gasteiger partial charge in [0.25, 0.3) is 11.1 Å². The Morgan fingerprint density at radius 2 is 1.30 bits per heavy atom. The van der Waals surface area contributed by atoms with Crippen molar-refractivity contribution in [1.29, 1.82) is 0 Å². The third-order valence-electron chi connectivity index (χ3n) is 7.79. The maximum absolute atomic E-state index is 12.2. The molecule has 0 saturated carbocycles. The minimum Gasteiger partial charge on any atom is -0.355 e. The van der Waals surface area contributed by atoms with Gasteiger partial charge in [0.05, 0.1) is 10.6 Å². The van der Waals surface area contributed by atoms with Crippen molar-refractivity contribution in [1.82, 2.24) is 30.2 Å².